The van der Waals surface area contributed by atoms with Gasteiger partial charge in [0.2, 0.25) is 0 Å². The van der Waals surface area contributed by atoms with Gasteiger partial charge in [0.15, 0.2) is 11.4 Å². The molecule has 2 aromatic heterocycles. The zero-order valence-corrected chi connectivity index (χ0v) is 15.0. The number of carbonyl (C=O) groups excluding carboxylic acids is 1. The summed E-state index contributed by atoms with van der Waals surface area (Å²) in [4.78, 5) is 16.1. The van der Waals surface area contributed by atoms with Crippen molar-refractivity contribution in [3.63, 3.8) is 0 Å². The van der Waals surface area contributed by atoms with Crippen molar-refractivity contribution in [1.82, 2.24) is 14.6 Å². The topological polar surface area (TPSA) is 67.5 Å². The van der Waals surface area contributed by atoms with Crippen LogP contribution < -0.4 is 0 Å². The van der Waals surface area contributed by atoms with Crippen molar-refractivity contribution in [2.24, 2.45) is 0 Å². The summed E-state index contributed by atoms with van der Waals surface area (Å²) >= 11 is 0. The maximum absolute atomic E-state index is 11.7. The van der Waals surface area contributed by atoms with Crippen molar-refractivity contribution >= 4 is 11.4 Å². The third-order valence-electron chi connectivity index (χ3n) is 4.55. The summed E-state index contributed by atoms with van der Waals surface area (Å²) in [6.45, 7) is 1.68. The van der Waals surface area contributed by atoms with Gasteiger partial charge in [-0.3, -0.25) is 4.79 Å². The van der Waals surface area contributed by atoms with Crippen LogP contribution in [0.15, 0.2) is 66.9 Å². The molecule has 0 amide bonds. The molecule has 4 aromatic rings. The van der Waals surface area contributed by atoms with E-state index in [2.05, 4.69) is 4.98 Å². The van der Waals surface area contributed by atoms with Crippen LogP contribution in [-0.4, -0.2) is 32.1 Å². The van der Waals surface area contributed by atoms with E-state index in [1.54, 1.807) is 23.7 Å². The molecule has 4 rings (SSSR count). The first-order chi connectivity index (χ1) is 13.2. The van der Waals surface area contributed by atoms with E-state index in [4.69, 9.17) is 10.2 Å². The van der Waals surface area contributed by atoms with Gasteiger partial charge in [0.1, 0.15) is 0 Å². The number of hydrogen-bond acceptors (Lipinski definition) is 4. The number of aromatic nitrogens is 3. The van der Waals surface area contributed by atoms with Crippen LogP contribution in [0.2, 0.25) is 0 Å². The Morgan fingerprint density at radius 3 is 2.67 bits per heavy atom. The summed E-state index contributed by atoms with van der Waals surface area (Å²) in [5.41, 5.74) is 6.01. The van der Waals surface area contributed by atoms with Crippen LogP contribution in [0.3, 0.4) is 0 Å². The van der Waals surface area contributed by atoms with Crippen LogP contribution in [0.5, 0.6) is 0 Å². The fourth-order valence-corrected chi connectivity index (χ4v) is 3.14. The van der Waals surface area contributed by atoms with Crippen molar-refractivity contribution < 1.29 is 9.90 Å². The molecule has 134 valence electrons. The number of hydrogen-bond donors (Lipinski definition) is 1. The van der Waals surface area contributed by atoms with E-state index in [1.165, 1.54) is 0 Å². The van der Waals surface area contributed by atoms with Gasteiger partial charge in [0.05, 0.1) is 17.6 Å². The Kier molecular flexibility index (Phi) is 4.52. The lowest BCUT2D eigenvalue weighted by Crippen LogP contribution is -1.98. The van der Waals surface area contributed by atoms with Gasteiger partial charge in [-0.15, -0.1) is 0 Å². The van der Waals surface area contributed by atoms with E-state index >= 15 is 0 Å². The van der Waals surface area contributed by atoms with Gasteiger partial charge in [-0.25, -0.2) is 9.50 Å². The second kappa shape index (κ2) is 7.13. The average molecular weight is 357 g/mol. The lowest BCUT2D eigenvalue weighted by molar-refractivity contribution is 0.101. The van der Waals surface area contributed by atoms with Crippen LogP contribution in [0.1, 0.15) is 22.8 Å². The minimum absolute atomic E-state index is 0.0278. The van der Waals surface area contributed by atoms with E-state index in [0.717, 1.165) is 33.7 Å². The Bertz CT molecular complexity index is 1130. The van der Waals surface area contributed by atoms with Crippen molar-refractivity contribution in [1.29, 1.82) is 0 Å². The molecule has 0 aliphatic carbocycles. The molecule has 0 saturated carbocycles. The van der Waals surface area contributed by atoms with Gasteiger partial charge in [0.25, 0.3) is 0 Å². The molecule has 0 spiro atoms. The van der Waals surface area contributed by atoms with E-state index in [9.17, 15) is 4.79 Å². The Morgan fingerprint density at radius 2 is 1.85 bits per heavy atom. The molecule has 2 heterocycles. The third kappa shape index (κ3) is 3.37. The monoisotopic (exact) mass is 357 g/mol. The summed E-state index contributed by atoms with van der Waals surface area (Å²) in [7, 11) is 0. The molecule has 5 nitrogen and oxygen atoms in total. The van der Waals surface area contributed by atoms with Crippen LogP contribution in [0.25, 0.3) is 28.2 Å². The molecule has 0 aliphatic rings. The third-order valence-corrected chi connectivity index (χ3v) is 4.55. The molecule has 0 unspecified atom stereocenters. The number of rotatable bonds is 5. The number of nitrogens with zero attached hydrogens (tertiary/aromatic N) is 3. The number of imidazole rings is 1. The summed E-state index contributed by atoms with van der Waals surface area (Å²) < 4.78 is 1.80. The predicted molar refractivity (Wildman–Crippen MR) is 105 cm³/mol. The minimum atomic E-state index is 0.0278. The molecule has 0 saturated heterocycles. The van der Waals surface area contributed by atoms with Crippen LogP contribution in [0, 0.1) is 0 Å². The largest absolute Gasteiger partial charge is 0.396 e. The number of aliphatic hydroxyl groups is 1. The Balaban J connectivity index is 1.81. The Labute approximate surface area is 156 Å². The van der Waals surface area contributed by atoms with Crippen molar-refractivity contribution in [3.05, 3.63) is 78.0 Å². The van der Waals surface area contributed by atoms with E-state index < -0.39 is 0 Å². The smallest absolute Gasteiger partial charge is 0.159 e. The van der Waals surface area contributed by atoms with Crippen molar-refractivity contribution in [2.45, 2.75) is 13.3 Å². The molecule has 0 bridgehead atoms. The highest BCUT2D eigenvalue weighted by Crippen LogP contribution is 2.24. The lowest BCUT2D eigenvalue weighted by Gasteiger charge is -2.07. The second-order valence-electron chi connectivity index (χ2n) is 6.44. The van der Waals surface area contributed by atoms with Gasteiger partial charge >= 0.3 is 0 Å². The van der Waals surface area contributed by atoms with E-state index in [-0.39, 0.29) is 12.4 Å². The highest BCUT2D eigenvalue weighted by atomic mass is 16.2. The average Bonchev–Trinajstić information content (AvgIpc) is 3.12. The number of Topliss-reactive ketones (excluding diaryl/α,β-unsaturated/α-hetero) is 1. The van der Waals surface area contributed by atoms with E-state index in [0.29, 0.717) is 12.0 Å². The molecule has 27 heavy (non-hydrogen) atoms. The molecular weight excluding hydrogens is 338 g/mol. The summed E-state index contributed by atoms with van der Waals surface area (Å²) in [6.07, 6.45) is 2.39. The molecule has 0 aliphatic heterocycles. The molecular formula is C22H19N3O2. The first-order valence-electron chi connectivity index (χ1n) is 8.82. The first-order valence-corrected chi connectivity index (χ1v) is 8.82. The molecule has 0 radical (unpaired) electrons. The second-order valence-corrected chi connectivity index (χ2v) is 6.44. The van der Waals surface area contributed by atoms with Crippen molar-refractivity contribution in [3.8, 4) is 22.5 Å². The van der Waals surface area contributed by atoms with E-state index in [1.807, 2.05) is 54.6 Å². The Morgan fingerprint density at radius 1 is 1.04 bits per heavy atom. The van der Waals surface area contributed by atoms with Gasteiger partial charge in [-0.05, 0) is 43.2 Å². The summed E-state index contributed by atoms with van der Waals surface area (Å²) in [5, 5.41) is 13.9. The normalized spacial score (nSPS) is 11.0. The van der Waals surface area contributed by atoms with Gasteiger partial charge in [-0.2, -0.15) is 5.10 Å². The standard InChI is InChI=1S/C22H19N3O2/c1-15(27)17-5-3-7-19(13-17)21-14-23-22-9-8-20(24-25(21)22)18-6-2-4-16(12-18)10-11-26/h2-9,12-14,26H,10-11H2,1H3. The molecule has 5 heteroatoms. The maximum atomic E-state index is 11.7. The fourth-order valence-electron chi connectivity index (χ4n) is 3.14. The molecule has 1 N–H and O–H groups in total. The van der Waals surface area contributed by atoms with Crippen LogP contribution >= 0.6 is 0 Å². The SMILES string of the molecule is CC(=O)c1cccc(-c2cnc3ccc(-c4cccc(CCO)c4)nn23)c1. The van der Waals surface area contributed by atoms with Gasteiger partial charge in [0, 0.05) is 23.3 Å². The molecule has 0 atom stereocenters. The highest BCUT2D eigenvalue weighted by Gasteiger charge is 2.11. The quantitative estimate of drug-likeness (QED) is 0.552. The van der Waals surface area contributed by atoms with Crippen LogP contribution in [0.4, 0.5) is 0 Å². The van der Waals surface area contributed by atoms with Gasteiger partial charge in [-0.1, -0.05) is 36.4 Å². The first kappa shape index (κ1) is 17.1. The van der Waals surface area contributed by atoms with Gasteiger partial charge < -0.3 is 5.11 Å². The maximum Gasteiger partial charge on any atom is 0.159 e. The predicted octanol–water partition coefficient (Wildman–Crippen LogP) is 3.80. The summed E-state index contributed by atoms with van der Waals surface area (Å²) in [5.74, 6) is 0.0278. The Hall–Kier alpha value is -3.31. The highest BCUT2D eigenvalue weighted by molar-refractivity contribution is 5.95. The molecule has 0 fully saturated rings. The fraction of sp³-hybridized carbons (Fsp3) is 0.136. The summed E-state index contributed by atoms with van der Waals surface area (Å²) in [6, 6.07) is 19.4. The minimum Gasteiger partial charge on any atom is -0.396 e. The number of ketones is 1. The number of fused-ring (bicyclic) bond motifs is 1. The lowest BCUT2D eigenvalue weighted by atomic mass is 10.1. The molecule has 2 aromatic carbocycles. The number of benzene rings is 2. The zero-order valence-electron chi connectivity index (χ0n) is 15.0. The zero-order chi connectivity index (χ0) is 18.8. The number of carbonyl (C=O) groups is 1. The van der Waals surface area contributed by atoms with Crippen molar-refractivity contribution in [2.75, 3.05) is 6.61 Å². The number of aliphatic hydroxyl groups excluding tert-OH is 1. The van der Waals surface area contributed by atoms with Crippen LogP contribution in [-0.2, 0) is 6.42 Å².